The first-order valence-electron chi connectivity index (χ1n) is 15.1. The van der Waals surface area contributed by atoms with Gasteiger partial charge in [-0.3, -0.25) is 9.69 Å². The summed E-state index contributed by atoms with van der Waals surface area (Å²) < 4.78 is 23.2. The largest absolute Gasteiger partial charge is 0.508 e. The second-order valence-corrected chi connectivity index (χ2v) is 10.9. The van der Waals surface area contributed by atoms with Crippen molar-refractivity contribution in [3.8, 4) is 23.0 Å². The second-order valence-electron chi connectivity index (χ2n) is 10.9. The Morgan fingerprint density at radius 2 is 1.55 bits per heavy atom. The van der Waals surface area contributed by atoms with Crippen molar-refractivity contribution in [3.63, 3.8) is 0 Å². The first-order chi connectivity index (χ1) is 20.5. The van der Waals surface area contributed by atoms with E-state index in [1.807, 2.05) is 43.3 Å². The lowest BCUT2D eigenvalue weighted by molar-refractivity contribution is -0.151. The van der Waals surface area contributed by atoms with Crippen LogP contribution in [0.2, 0.25) is 0 Å². The summed E-state index contributed by atoms with van der Waals surface area (Å²) in [6.07, 6.45) is 5.28. The fraction of sp³-hybridized carbons (Fsp3) is 0.400. The minimum absolute atomic E-state index is 0.169. The van der Waals surface area contributed by atoms with E-state index < -0.39 is 0 Å². The van der Waals surface area contributed by atoms with Crippen LogP contribution in [-0.2, 0) is 9.53 Å². The average molecular weight is 572 g/mol. The zero-order valence-electron chi connectivity index (χ0n) is 24.6. The monoisotopic (exact) mass is 571 g/mol. The van der Waals surface area contributed by atoms with E-state index in [-0.39, 0.29) is 24.6 Å². The van der Waals surface area contributed by atoms with Gasteiger partial charge >= 0.3 is 5.97 Å². The molecule has 0 saturated carbocycles. The number of carbonyl (C=O) groups is 1. The Balaban J connectivity index is 1.38. The van der Waals surface area contributed by atoms with Crippen molar-refractivity contribution in [3.05, 3.63) is 83.4 Å². The molecule has 42 heavy (non-hydrogen) atoms. The van der Waals surface area contributed by atoms with Gasteiger partial charge in [-0.2, -0.15) is 0 Å². The van der Waals surface area contributed by atoms with Crippen LogP contribution in [0.15, 0.2) is 66.7 Å². The Labute approximate surface area is 248 Å². The maximum Gasteiger partial charge on any atom is 0.306 e. The summed E-state index contributed by atoms with van der Waals surface area (Å²) >= 11 is 0. The third kappa shape index (κ3) is 7.45. The molecule has 0 radical (unpaired) electrons. The fourth-order valence-electron chi connectivity index (χ4n) is 5.66. The van der Waals surface area contributed by atoms with E-state index in [9.17, 15) is 9.90 Å². The molecule has 5 rings (SSSR count). The van der Waals surface area contributed by atoms with Crippen molar-refractivity contribution in [1.29, 1.82) is 0 Å². The Kier molecular flexibility index (Phi) is 10.0. The summed E-state index contributed by atoms with van der Waals surface area (Å²) in [6, 6.07) is 21.4. The lowest BCUT2D eigenvalue weighted by Crippen LogP contribution is -2.41. The minimum atomic E-state index is -0.313. The van der Waals surface area contributed by atoms with Crippen molar-refractivity contribution < 1.29 is 28.8 Å². The molecule has 0 amide bonds. The SMILES string of the molecule is CCCC(=O)OC(COc1ccc(/C(=C(/CC)c2ccc3c(c2)OCO3)c2ccc(O)cc2)cc1)CN1CCCCC1. The van der Waals surface area contributed by atoms with Crippen LogP contribution in [0, 0.1) is 0 Å². The van der Waals surface area contributed by atoms with Gasteiger partial charge in [0.25, 0.3) is 0 Å². The summed E-state index contributed by atoms with van der Waals surface area (Å²) in [5, 5.41) is 9.96. The zero-order chi connectivity index (χ0) is 29.3. The molecule has 2 heterocycles. The summed E-state index contributed by atoms with van der Waals surface area (Å²) in [6.45, 7) is 7.42. The molecule has 3 aromatic carbocycles. The van der Waals surface area contributed by atoms with E-state index in [2.05, 4.69) is 30.0 Å². The van der Waals surface area contributed by atoms with E-state index in [0.717, 1.165) is 71.0 Å². The van der Waals surface area contributed by atoms with Crippen molar-refractivity contribution >= 4 is 17.1 Å². The lowest BCUT2D eigenvalue weighted by Gasteiger charge is -2.30. The van der Waals surface area contributed by atoms with Crippen molar-refractivity contribution in [2.75, 3.05) is 33.0 Å². The van der Waals surface area contributed by atoms with Gasteiger partial charge in [-0.05, 0) is 103 Å². The van der Waals surface area contributed by atoms with Gasteiger partial charge in [-0.25, -0.2) is 0 Å². The number of aromatic hydroxyl groups is 1. The number of carbonyl (C=O) groups excluding carboxylic acids is 1. The smallest absolute Gasteiger partial charge is 0.306 e. The summed E-state index contributed by atoms with van der Waals surface area (Å²) in [5.41, 5.74) is 5.30. The number of likely N-dealkylation sites (tertiary alicyclic amines) is 1. The molecule has 7 heteroatoms. The van der Waals surface area contributed by atoms with Crippen LogP contribution in [0.1, 0.15) is 69.1 Å². The molecule has 1 saturated heterocycles. The molecule has 2 aliphatic rings. The molecular formula is C35H41NO6. The molecule has 222 valence electrons. The average Bonchev–Trinajstić information content (AvgIpc) is 3.48. The molecule has 1 atom stereocenters. The number of esters is 1. The van der Waals surface area contributed by atoms with Crippen molar-refractivity contribution in [2.24, 2.45) is 0 Å². The van der Waals surface area contributed by atoms with Crippen LogP contribution in [0.5, 0.6) is 23.0 Å². The number of nitrogens with zero attached hydrogens (tertiary/aromatic N) is 1. The first-order valence-corrected chi connectivity index (χ1v) is 15.1. The number of phenols is 1. The van der Waals surface area contributed by atoms with Gasteiger partial charge in [-0.1, -0.05) is 50.6 Å². The molecule has 2 aliphatic heterocycles. The van der Waals surface area contributed by atoms with Gasteiger partial charge in [0.1, 0.15) is 24.2 Å². The number of rotatable bonds is 12. The second kappa shape index (κ2) is 14.3. The Hall–Kier alpha value is -3.97. The highest BCUT2D eigenvalue weighted by Crippen LogP contribution is 2.40. The fourth-order valence-corrected chi connectivity index (χ4v) is 5.66. The molecule has 3 aromatic rings. The van der Waals surface area contributed by atoms with Crippen LogP contribution in [0.25, 0.3) is 11.1 Å². The van der Waals surface area contributed by atoms with Gasteiger partial charge in [-0.15, -0.1) is 0 Å². The minimum Gasteiger partial charge on any atom is -0.508 e. The summed E-state index contributed by atoms with van der Waals surface area (Å²) in [7, 11) is 0. The molecule has 1 fully saturated rings. The van der Waals surface area contributed by atoms with Crippen LogP contribution in [0.3, 0.4) is 0 Å². The highest BCUT2D eigenvalue weighted by atomic mass is 16.7. The number of phenolic OH excluding ortho intramolecular Hbond substituents is 1. The molecule has 0 aliphatic carbocycles. The van der Waals surface area contributed by atoms with E-state index in [4.69, 9.17) is 18.9 Å². The third-order valence-corrected chi connectivity index (χ3v) is 7.77. The number of hydrogen-bond acceptors (Lipinski definition) is 7. The molecule has 1 unspecified atom stereocenters. The topological polar surface area (TPSA) is 77.5 Å². The normalized spacial score (nSPS) is 16.0. The van der Waals surface area contributed by atoms with E-state index in [1.165, 1.54) is 19.3 Å². The van der Waals surface area contributed by atoms with E-state index in [0.29, 0.717) is 19.6 Å². The highest BCUT2D eigenvalue weighted by molar-refractivity contribution is 5.99. The van der Waals surface area contributed by atoms with E-state index in [1.54, 1.807) is 12.1 Å². The molecule has 7 nitrogen and oxygen atoms in total. The number of benzene rings is 3. The Morgan fingerprint density at radius 1 is 0.881 bits per heavy atom. The Morgan fingerprint density at radius 3 is 2.24 bits per heavy atom. The summed E-state index contributed by atoms with van der Waals surface area (Å²) in [4.78, 5) is 14.7. The Bertz CT molecular complexity index is 1360. The van der Waals surface area contributed by atoms with Gasteiger partial charge in [0.2, 0.25) is 6.79 Å². The third-order valence-electron chi connectivity index (χ3n) is 7.77. The molecule has 1 N–H and O–H groups in total. The molecular weight excluding hydrogens is 530 g/mol. The van der Waals surface area contributed by atoms with Crippen molar-refractivity contribution in [2.45, 2.75) is 58.5 Å². The van der Waals surface area contributed by atoms with Gasteiger partial charge in [0, 0.05) is 13.0 Å². The van der Waals surface area contributed by atoms with Gasteiger partial charge in [0.15, 0.2) is 11.5 Å². The molecule has 0 spiro atoms. The van der Waals surface area contributed by atoms with Crippen LogP contribution < -0.4 is 14.2 Å². The van der Waals surface area contributed by atoms with E-state index >= 15 is 0 Å². The lowest BCUT2D eigenvalue weighted by atomic mass is 9.88. The van der Waals surface area contributed by atoms with Crippen LogP contribution in [0.4, 0.5) is 0 Å². The quantitative estimate of drug-likeness (QED) is 0.184. The number of allylic oxidation sites excluding steroid dienone is 1. The predicted octanol–water partition coefficient (Wildman–Crippen LogP) is 7.07. The number of fused-ring (bicyclic) bond motifs is 1. The number of hydrogen-bond donors (Lipinski definition) is 1. The zero-order valence-corrected chi connectivity index (χ0v) is 24.6. The maximum absolute atomic E-state index is 12.3. The maximum atomic E-state index is 12.3. The van der Waals surface area contributed by atoms with Gasteiger partial charge in [0.05, 0.1) is 0 Å². The summed E-state index contributed by atoms with van der Waals surface area (Å²) in [5.74, 6) is 2.27. The predicted molar refractivity (Wildman–Crippen MR) is 164 cm³/mol. The number of ether oxygens (including phenoxy) is 4. The highest BCUT2D eigenvalue weighted by Gasteiger charge is 2.22. The first kappa shape index (κ1) is 29.5. The standard InChI is InChI=1S/C35H41NO6/c1-3-8-34(38)42-30(22-36-19-6-5-7-20-36)23-39-29-16-11-26(12-17-29)35(25-9-14-28(37)15-10-25)31(4-2)27-13-18-32-33(21-27)41-24-40-32/h9-18,21,30,37H,3-8,19-20,22-24H2,1-2H3/b35-31-. The van der Waals surface area contributed by atoms with Crippen LogP contribution in [-0.4, -0.2) is 55.1 Å². The van der Waals surface area contributed by atoms with Crippen LogP contribution >= 0.6 is 0 Å². The molecule has 0 bridgehead atoms. The molecule has 0 aromatic heterocycles. The van der Waals surface area contributed by atoms with Gasteiger partial charge < -0.3 is 24.1 Å². The number of piperidine rings is 1. The van der Waals surface area contributed by atoms with Crippen molar-refractivity contribution in [1.82, 2.24) is 4.90 Å².